The number of carbonyl (C=O) groups is 1. The largest absolute Gasteiger partial charge is 0.450 e. The van der Waals surface area contributed by atoms with Crippen LogP contribution < -0.4 is 10.6 Å². The smallest absolute Gasteiger partial charge is 0.409 e. The van der Waals surface area contributed by atoms with Crippen molar-refractivity contribution in [1.82, 2.24) is 20.1 Å². The fourth-order valence-corrected chi connectivity index (χ4v) is 3.09. The van der Waals surface area contributed by atoms with Gasteiger partial charge in [-0.15, -0.1) is 5.10 Å². The minimum atomic E-state index is -0.258. The van der Waals surface area contributed by atoms with Crippen LogP contribution in [0, 0.1) is 5.82 Å². The number of anilines is 2. The van der Waals surface area contributed by atoms with E-state index in [0.29, 0.717) is 50.0 Å². The molecule has 150 valence electrons. The number of aromatic nitrogens is 3. The lowest BCUT2D eigenvalue weighted by molar-refractivity contribution is 0.0983. The molecule has 1 saturated heterocycles. The van der Waals surface area contributed by atoms with Gasteiger partial charge in [-0.1, -0.05) is 18.2 Å². The zero-order valence-corrected chi connectivity index (χ0v) is 15.9. The van der Waals surface area contributed by atoms with Crippen LogP contribution in [0.2, 0.25) is 0 Å². The van der Waals surface area contributed by atoms with Crippen LogP contribution in [0.5, 0.6) is 0 Å². The predicted molar refractivity (Wildman–Crippen MR) is 104 cm³/mol. The molecule has 1 fully saturated rings. The third-order valence-electron chi connectivity index (χ3n) is 4.57. The van der Waals surface area contributed by atoms with Gasteiger partial charge in [-0.25, -0.2) is 9.18 Å². The molecule has 0 aliphatic carbocycles. The first-order chi connectivity index (χ1) is 13.7. The minimum absolute atomic E-state index is 0.202. The molecule has 1 aromatic heterocycles. The molecule has 0 radical (unpaired) electrons. The van der Waals surface area contributed by atoms with Crippen molar-refractivity contribution in [3.63, 3.8) is 0 Å². The summed E-state index contributed by atoms with van der Waals surface area (Å²) in [5.74, 6) is 0.802. The third-order valence-corrected chi connectivity index (χ3v) is 4.57. The molecule has 8 nitrogen and oxygen atoms in total. The first-order valence-electron chi connectivity index (χ1n) is 9.51. The number of hydrogen-bond acceptors (Lipinski definition) is 7. The minimum Gasteiger partial charge on any atom is -0.450 e. The number of amides is 1. The number of nitrogens with one attached hydrogen (secondary N) is 2. The lowest BCUT2D eigenvalue weighted by Crippen LogP contribution is -2.42. The molecule has 0 spiro atoms. The van der Waals surface area contributed by atoms with Crippen molar-refractivity contribution >= 4 is 17.9 Å². The highest BCUT2D eigenvalue weighted by atomic mass is 19.1. The average Bonchev–Trinajstić information content (AvgIpc) is 2.70. The maximum absolute atomic E-state index is 13.6. The molecule has 3 rings (SSSR count). The number of rotatable bonds is 7. The summed E-state index contributed by atoms with van der Waals surface area (Å²) in [5.41, 5.74) is 0.644. The molecule has 28 heavy (non-hydrogen) atoms. The zero-order valence-electron chi connectivity index (χ0n) is 15.9. The highest BCUT2D eigenvalue weighted by molar-refractivity contribution is 5.67. The van der Waals surface area contributed by atoms with Crippen LogP contribution >= 0.6 is 0 Å². The number of benzene rings is 1. The van der Waals surface area contributed by atoms with Gasteiger partial charge in [-0.2, -0.15) is 10.1 Å². The van der Waals surface area contributed by atoms with E-state index in [1.165, 1.54) is 6.07 Å². The lowest BCUT2D eigenvalue weighted by atomic mass is 10.1. The van der Waals surface area contributed by atoms with E-state index >= 15 is 0 Å². The monoisotopic (exact) mass is 388 g/mol. The van der Waals surface area contributed by atoms with Gasteiger partial charge in [0, 0.05) is 25.7 Å². The maximum atomic E-state index is 13.6. The summed E-state index contributed by atoms with van der Waals surface area (Å²) in [5, 5.41) is 14.3. The molecule has 1 aromatic carbocycles. The van der Waals surface area contributed by atoms with Gasteiger partial charge in [0.1, 0.15) is 5.82 Å². The molecule has 0 unspecified atom stereocenters. The van der Waals surface area contributed by atoms with Gasteiger partial charge >= 0.3 is 6.09 Å². The number of ether oxygens (including phenoxy) is 1. The Balaban J connectivity index is 1.46. The molecule has 2 heterocycles. The average molecular weight is 388 g/mol. The Bertz CT molecular complexity index is 783. The van der Waals surface area contributed by atoms with Crippen LogP contribution in [0.15, 0.2) is 30.5 Å². The van der Waals surface area contributed by atoms with Gasteiger partial charge in [0.2, 0.25) is 5.95 Å². The van der Waals surface area contributed by atoms with E-state index in [9.17, 15) is 9.18 Å². The van der Waals surface area contributed by atoms with Crippen LogP contribution in [-0.2, 0) is 11.2 Å². The predicted octanol–water partition coefficient (Wildman–Crippen LogP) is 2.70. The summed E-state index contributed by atoms with van der Waals surface area (Å²) < 4.78 is 18.7. The van der Waals surface area contributed by atoms with Crippen LogP contribution in [0.4, 0.5) is 21.0 Å². The second-order valence-corrected chi connectivity index (χ2v) is 6.54. The Morgan fingerprint density at radius 2 is 2.11 bits per heavy atom. The summed E-state index contributed by atoms with van der Waals surface area (Å²) >= 11 is 0. The molecule has 2 aromatic rings. The normalized spacial score (nSPS) is 14.6. The number of likely N-dealkylation sites (tertiary alicyclic amines) is 1. The first-order valence-corrected chi connectivity index (χ1v) is 9.51. The van der Waals surface area contributed by atoms with Crippen molar-refractivity contribution in [2.24, 2.45) is 0 Å². The fraction of sp³-hybridized carbons (Fsp3) is 0.474. The summed E-state index contributed by atoms with van der Waals surface area (Å²) in [6.07, 6.45) is 3.45. The molecule has 1 aliphatic heterocycles. The molecule has 0 saturated carbocycles. The van der Waals surface area contributed by atoms with Crippen LogP contribution in [0.1, 0.15) is 25.3 Å². The van der Waals surface area contributed by atoms with E-state index in [0.717, 1.165) is 12.8 Å². The van der Waals surface area contributed by atoms with Gasteiger partial charge in [0.15, 0.2) is 5.82 Å². The van der Waals surface area contributed by atoms with Crippen molar-refractivity contribution < 1.29 is 13.9 Å². The SMILES string of the molecule is CCOC(=O)N1CCC(Nc2cnnc(NCCc3ccccc3F)n2)CC1. The number of hydrogen-bond donors (Lipinski definition) is 2. The maximum Gasteiger partial charge on any atom is 0.409 e. The van der Waals surface area contributed by atoms with E-state index in [4.69, 9.17) is 4.74 Å². The highest BCUT2D eigenvalue weighted by Crippen LogP contribution is 2.16. The summed E-state index contributed by atoms with van der Waals surface area (Å²) in [7, 11) is 0. The lowest BCUT2D eigenvalue weighted by Gasteiger charge is -2.31. The molecule has 2 N–H and O–H groups in total. The number of nitrogens with zero attached hydrogens (tertiary/aromatic N) is 4. The van der Waals surface area contributed by atoms with E-state index < -0.39 is 0 Å². The molecular weight excluding hydrogens is 363 g/mol. The Kier molecular flexibility index (Phi) is 6.94. The second kappa shape index (κ2) is 9.82. The number of piperidine rings is 1. The highest BCUT2D eigenvalue weighted by Gasteiger charge is 2.23. The summed E-state index contributed by atoms with van der Waals surface area (Å²) in [6, 6.07) is 6.90. The van der Waals surface area contributed by atoms with E-state index in [-0.39, 0.29) is 18.0 Å². The van der Waals surface area contributed by atoms with Crippen molar-refractivity contribution in [2.45, 2.75) is 32.2 Å². The van der Waals surface area contributed by atoms with Crippen molar-refractivity contribution in [3.8, 4) is 0 Å². The molecule has 1 amide bonds. The van der Waals surface area contributed by atoms with Crippen molar-refractivity contribution in [2.75, 3.05) is 36.9 Å². The Morgan fingerprint density at radius 3 is 2.86 bits per heavy atom. The van der Waals surface area contributed by atoms with Crippen molar-refractivity contribution in [1.29, 1.82) is 0 Å². The zero-order chi connectivity index (χ0) is 19.8. The summed E-state index contributed by atoms with van der Waals surface area (Å²) in [4.78, 5) is 17.9. The topological polar surface area (TPSA) is 92.3 Å². The first kappa shape index (κ1) is 19.8. The molecule has 0 atom stereocenters. The van der Waals surface area contributed by atoms with Crippen molar-refractivity contribution in [3.05, 3.63) is 41.8 Å². The Labute approximate surface area is 163 Å². The number of halogens is 1. The summed E-state index contributed by atoms with van der Waals surface area (Å²) in [6.45, 7) is 3.97. The van der Waals surface area contributed by atoms with Gasteiger partial charge in [-0.05, 0) is 37.8 Å². The van der Waals surface area contributed by atoms with Gasteiger partial charge in [0.05, 0.1) is 12.8 Å². The molecule has 0 bridgehead atoms. The van der Waals surface area contributed by atoms with Gasteiger partial charge in [0.25, 0.3) is 0 Å². The van der Waals surface area contributed by atoms with Gasteiger partial charge in [-0.3, -0.25) is 0 Å². The molecular formula is C19H25FN6O2. The number of carbonyl (C=O) groups excluding carboxylic acids is 1. The molecule has 9 heteroatoms. The van der Waals surface area contributed by atoms with Crippen LogP contribution in [-0.4, -0.2) is 58.5 Å². The van der Waals surface area contributed by atoms with E-state index in [2.05, 4.69) is 25.8 Å². The van der Waals surface area contributed by atoms with Crippen LogP contribution in [0.25, 0.3) is 0 Å². The fourth-order valence-electron chi connectivity index (χ4n) is 3.09. The van der Waals surface area contributed by atoms with E-state index in [1.54, 1.807) is 30.2 Å². The Morgan fingerprint density at radius 1 is 1.32 bits per heavy atom. The molecule has 1 aliphatic rings. The Hall–Kier alpha value is -2.97. The third kappa shape index (κ3) is 5.51. The standard InChI is InChI=1S/C19H25FN6O2/c1-2-28-19(27)26-11-8-15(9-12-26)23-17-13-22-25-18(24-17)21-10-7-14-5-3-4-6-16(14)20/h3-6,13,15H,2,7-12H2,1H3,(H2,21,23,24,25). The van der Waals surface area contributed by atoms with E-state index in [1.807, 2.05) is 6.07 Å². The quantitative estimate of drug-likeness (QED) is 0.753. The van der Waals surface area contributed by atoms with Crippen LogP contribution in [0.3, 0.4) is 0 Å². The second-order valence-electron chi connectivity index (χ2n) is 6.54. The van der Waals surface area contributed by atoms with Gasteiger partial charge < -0.3 is 20.3 Å².